The molecule has 1 aliphatic carbocycles. The average molecular weight is 619 g/mol. The maximum atomic E-state index is 13.1. The summed E-state index contributed by atoms with van der Waals surface area (Å²) < 4.78 is 5.60. The van der Waals surface area contributed by atoms with Crippen molar-refractivity contribution in [3.63, 3.8) is 0 Å². The minimum absolute atomic E-state index is 0.00329. The number of amides is 1. The zero-order valence-electron chi connectivity index (χ0n) is 26.0. The molecule has 2 heterocycles. The minimum atomic E-state index is -0.682. The number of ether oxygens (including phenoxy) is 1. The van der Waals surface area contributed by atoms with E-state index < -0.39 is 23.0 Å². The molecule has 0 radical (unpaired) electrons. The number of carbonyl (C=O) groups excluding carboxylic acids is 1. The molecule has 1 N–H and O–H groups in total. The highest BCUT2D eigenvalue weighted by Crippen LogP contribution is 2.38. The summed E-state index contributed by atoms with van der Waals surface area (Å²) in [7, 11) is 0. The van der Waals surface area contributed by atoms with E-state index in [0.29, 0.717) is 18.0 Å². The molecule has 1 amide bonds. The van der Waals surface area contributed by atoms with Crippen molar-refractivity contribution >= 4 is 17.7 Å². The number of likely N-dealkylation sites (tertiary alicyclic amines) is 2. The highest BCUT2D eigenvalue weighted by atomic mass is 16.6. The van der Waals surface area contributed by atoms with Gasteiger partial charge in [-0.05, 0) is 60.8 Å². The van der Waals surface area contributed by atoms with Crippen molar-refractivity contribution in [2.75, 3.05) is 39.3 Å². The van der Waals surface area contributed by atoms with Gasteiger partial charge in [0.15, 0.2) is 0 Å². The quantitative estimate of drug-likeness (QED) is 0.177. The van der Waals surface area contributed by atoms with Crippen molar-refractivity contribution in [3.8, 4) is 0 Å². The fourth-order valence-electron chi connectivity index (χ4n) is 7.70. The number of piperidine rings is 1. The third-order valence-corrected chi connectivity index (χ3v) is 10.0. The Bertz CT molecular complexity index is 1290. The Labute approximate surface area is 265 Å². The molecule has 2 aliphatic heterocycles. The van der Waals surface area contributed by atoms with Gasteiger partial charge in [0.2, 0.25) is 0 Å². The van der Waals surface area contributed by atoms with E-state index >= 15 is 0 Å². The van der Waals surface area contributed by atoms with Gasteiger partial charge in [-0.1, -0.05) is 55.7 Å². The Kier molecular flexibility index (Phi) is 11.2. The van der Waals surface area contributed by atoms with Gasteiger partial charge >= 0.3 is 12.1 Å². The van der Waals surface area contributed by atoms with Crippen molar-refractivity contribution in [1.82, 2.24) is 14.7 Å². The first-order valence-corrected chi connectivity index (χ1v) is 16.4. The normalized spacial score (nSPS) is 22.5. The standard InChI is InChI=1S/C35H46N4O6/c1-2-19-38(35(42)45-25-26-13-15-31(16-14-26)39(43)44)30-17-20-36(21-18-30)22-29-23-37(24-32(29)27-9-5-3-6-10-27)33(34(40)41)28-11-7-4-8-12-28/h2-3,5-6,9-10,13-16,28-30,32-33H,1,4,7-8,11-12,17-25H2,(H,40,41)/t29-,32+,33+/m0/s1. The fraction of sp³-hybridized carbons (Fsp3) is 0.543. The zero-order valence-corrected chi connectivity index (χ0v) is 26.0. The summed E-state index contributed by atoms with van der Waals surface area (Å²) in [4.78, 5) is 42.6. The smallest absolute Gasteiger partial charge is 0.410 e. The summed E-state index contributed by atoms with van der Waals surface area (Å²) in [6, 6.07) is 16.2. The molecule has 2 aromatic rings. The van der Waals surface area contributed by atoms with Crippen LogP contribution in [0, 0.1) is 22.0 Å². The van der Waals surface area contributed by atoms with E-state index in [9.17, 15) is 24.8 Å². The third kappa shape index (κ3) is 8.29. The fourth-order valence-corrected chi connectivity index (χ4v) is 7.70. The van der Waals surface area contributed by atoms with E-state index in [-0.39, 0.29) is 30.2 Å². The van der Waals surface area contributed by atoms with E-state index in [1.807, 2.05) is 6.07 Å². The first-order chi connectivity index (χ1) is 21.8. The molecule has 0 spiro atoms. The van der Waals surface area contributed by atoms with Gasteiger partial charge in [-0.2, -0.15) is 0 Å². The number of carboxylic acids is 1. The number of nitro groups is 1. The second-order valence-electron chi connectivity index (χ2n) is 12.9. The Morgan fingerprint density at radius 3 is 2.33 bits per heavy atom. The van der Waals surface area contributed by atoms with E-state index in [1.165, 1.54) is 24.1 Å². The van der Waals surface area contributed by atoms with Gasteiger partial charge in [0.1, 0.15) is 12.6 Å². The Morgan fingerprint density at radius 1 is 1.02 bits per heavy atom. The molecule has 45 heavy (non-hydrogen) atoms. The van der Waals surface area contributed by atoms with Gasteiger partial charge in [0.05, 0.1) is 4.92 Å². The molecule has 0 aromatic heterocycles. The second-order valence-corrected chi connectivity index (χ2v) is 12.9. The molecule has 5 rings (SSSR count). The highest BCUT2D eigenvalue weighted by molar-refractivity contribution is 5.74. The van der Waals surface area contributed by atoms with Crippen molar-refractivity contribution in [1.29, 1.82) is 0 Å². The van der Waals surface area contributed by atoms with Crippen LogP contribution >= 0.6 is 0 Å². The van der Waals surface area contributed by atoms with Crippen LogP contribution in [0.25, 0.3) is 0 Å². The lowest BCUT2D eigenvalue weighted by Crippen LogP contribution is -2.49. The number of hydrogen-bond acceptors (Lipinski definition) is 7. The van der Waals surface area contributed by atoms with Crippen LogP contribution in [0.15, 0.2) is 67.3 Å². The van der Waals surface area contributed by atoms with Crippen LogP contribution in [-0.2, 0) is 16.1 Å². The van der Waals surface area contributed by atoms with Crippen molar-refractivity contribution < 1.29 is 24.4 Å². The van der Waals surface area contributed by atoms with E-state index in [1.54, 1.807) is 23.1 Å². The number of benzene rings is 2. The number of rotatable bonds is 12. The molecule has 3 aliphatic rings. The SMILES string of the molecule is C=CCN(C(=O)OCc1ccc([N+](=O)[O-])cc1)C1CCN(C[C@H]2CN([C@@H](C(=O)O)C3CCCCC3)C[C@@H]2c2ccccc2)CC1. The molecule has 1 saturated carbocycles. The van der Waals surface area contributed by atoms with Gasteiger partial charge in [0.25, 0.3) is 5.69 Å². The molecular weight excluding hydrogens is 572 g/mol. The molecule has 10 heteroatoms. The van der Waals surface area contributed by atoms with Crippen LogP contribution in [0.3, 0.4) is 0 Å². The number of nitro benzene ring substituents is 1. The molecule has 2 aromatic carbocycles. The zero-order chi connectivity index (χ0) is 31.8. The predicted molar refractivity (Wildman–Crippen MR) is 172 cm³/mol. The number of nitrogens with zero attached hydrogens (tertiary/aromatic N) is 4. The first-order valence-electron chi connectivity index (χ1n) is 16.4. The van der Waals surface area contributed by atoms with Crippen LogP contribution in [0.4, 0.5) is 10.5 Å². The van der Waals surface area contributed by atoms with Crippen LogP contribution in [0.1, 0.15) is 62.0 Å². The lowest BCUT2D eigenvalue weighted by Gasteiger charge is -2.39. The summed E-state index contributed by atoms with van der Waals surface area (Å²) in [6.07, 6.45) is 8.37. The van der Waals surface area contributed by atoms with Gasteiger partial charge in [-0.15, -0.1) is 6.58 Å². The third-order valence-electron chi connectivity index (χ3n) is 10.0. The number of aliphatic carboxylic acids is 1. The van der Waals surface area contributed by atoms with Gasteiger partial charge < -0.3 is 19.6 Å². The van der Waals surface area contributed by atoms with Gasteiger partial charge in [-0.3, -0.25) is 19.8 Å². The summed E-state index contributed by atoms with van der Waals surface area (Å²) in [5.74, 6) is 0.141. The van der Waals surface area contributed by atoms with Crippen molar-refractivity contribution in [3.05, 3.63) is 88.5 Å². The molecule has 2 saturated heterocycles. The summed E-state index contributed by atoms with van der Waals surface area (Å²) >= 11 is 0. The lowest BCUT2D eigenvalue weighted by atomic mass is 9.83. The summed E-state index contributed by atoms with van der Waals surface area (Å²) in [5, 5.41) is 21.2. The molecule has 0 bridgehead atoms. The van der Waals surface area contributed by atoms with Gasteiger partial charge in [-0.25, -0.2) is 4.79 Å². The summed E-state index contributed by atoms with van der Waals surface area (Å²) in [6.45, 7) is 8.40. The minimum Gasteiger partial charge on any atom is -0.480 e. The Hall–Kier alpha value is -3.76. The summed E-state index contributed by atoms with van der Waals surface area (Å²) in [5.41, 5.74) is 1.96. The van der Waals surface area contributed by atoms with E-state index in [4.69, 9.17) is 4.74 Å². The van der Waals surface area contributed by atoms with Crippen molar-refractivity contribution in [2.45, 2.75) is 69.6 Å². The Morgan fingerprint density at radius 2 is 1.71 bits per heavy atom. The van der Waals surface area contributed by atoms with E-state index in [2.05, 4.69) is 40.6 Å². The first kappa shape index (κ1) is 32.6. The molecular formula is C35H46N4O6. The maximum absolute atomic E-state index is 13.1. The molecule has 3 fully saturated rings. The van der Waals surface area contributed by atoms with Gasteiger partial charge in [0, 0.05) is 63.4 Å². The van der Waals surface area contributed by atoms with E-state index in [0.717, 1.165) is 71.2 Å². The topological polar surface area (TPSA) is 116 Å². The van der Waals surface area contributed by atoms with Crippen molar-refractivity contribution in [2.24, 2.45) is 11.8 Å². The number of carbonyl (C=O) groups is 2. The largest absolute Gasteiger partial charge is 0.480 e. The lowest BCUT2D eigenvalue weighted by molar-refractivity contribution is -0.384. The van der Waals surface area contributed by atoms with Crippen LogP contribution in [0.2, 0.25) is 0 Å². The average Bonchev–Trinajstić information content (AvgIpc) is 3.46. The predicted octanol–water partition coefficient (Wildman–Crippen LogP) is 5.93. The van der Waals surface area contributed by atoms with Crippen LogP contribution < -0.4 is 0 Å². The molecule has 3 atom stereocenters. The van der Waals surface area contributed by atoms with Crippen LogP contribution in [-0.4, -0.2) is 88.1 Å². The number of non-ortho nitro benzene ring substituents is 1. The second kappa shape index (κ2) is 15.5. The highest BCUT2D eigenvalue weighted by Gasteiger charge is 2.43. The molecule has 0 unspecified atom stereocenters. The Balaban J connectivity index is 1.19. The molecule has 242 valence electrons. The van der Waals surface area contributed by atoms with Crippen LogP contribution in [0.5, 0.6) is 0 Å². The maximum Gasteiger partial charge on any atom is 0.410 e. The number of hydrogen-bond donors (Lipinski definition) is 1. The number of carboxylic acid groups (broad SMARTS) is 1. The monoisotopic (exact) mass is 618 g/mol. The molecule has 10 nitrogen and oxygen atoms in total.